The maximum atomic E-state index is 11.0. The molecule has 2 aromatic carbocycles. The van der Waals surface area contributed by atoms with Gasteiger partial charge in [0.15, 0.2) is 6.29 Å². The lowest BCUT2D eigenvalue weighted by Crippen LogP contribution is -1.99. The summed E-state index contributed by atoms with van der Waals surface area (Å²) in [6.45, 7) is 0.180. The van der Waals surface area contributed by atoms with Crippen molar-refractivity contribution < 1.29 is 14.5 Å². The van der Waals surface area contributed by atoms with Crippen molar-refractivity contribution in [3.05, 3.63) is 67.1 Å². The Labute approximate surface area is 133 Å². The lowest BCUT2D eigenvalue weighted by Gasteiger charge is -2.11. The first-order valence-corrected chi connectivity index (χ1v) is 6.98. The van der Waals surface area contributed by atoms with Crippen LogP contribution in [0.3, 0.4) is 0 Å². The van der Waals surface area contributed by atoms with Crippen LogP contribution < -0.4 is 4.74 Å². The van der Waals surface area contributed by atoms with E-state index in [2.05, 4.69) is 15.9 Å². The molecule has 0 unspecified atom stereocenters. The highest BCUT2D eigenvalue weighted by molar-refractivity contribution is 9.10. The molecule has 0 aromatic heterocycles. The van der Waals surface area contributed by atoms with Crippen molar-refractivity contribution >= 4 is 39.5 Å². The van der Waals surface area contributed by atoms with Crippen LogP contribution in [0.5, 0.6) is 5.75 Å². The van der Waals surface area contributed by atoms with E-state index in [9.17, 15) is 14.9 Å². The van der Waals surface area contributed by atoms with Crippen LogP contribution in [0.1, 0.15) is 15.9 Å². The van der Waals surface area contributed by atoms with E-state index in [1.807, 2.05) is 0 Å². The van der Waals surface area contributed by atoms with Crippen LogP contribution in [0, 0.1) is 10.1 Å². The number of benzene rings is 2. The van der Waals surface area contributed by atoms with Gasteiger partial charge in [-0.3, -0.25) is 14.9 Å². The van der Waals surface area contributed by atoms with E-state index in [0.717, 1.165) is 5.56 Å². The summed E-state index contributed by atoms with van der Waals surface area (Å²) < 4.78 is 6.16. The molecule has 0 heterocycles. The van der Waals surface area contributed by atoms with Crippen LogP contribution in [0.4, 0.5) is 5.69 Å². The van der Waals surface area contributed by atoms with Gasteiger partial charge < -0.3 is 4.74 Å². The average Bonchev–Trinajstić information content (AvgIpc) is 2.46. The van der Waals surface area contributed by atoms with Crippen LogP contribution >= 0.6 is 27.5 Å². The van der Waals surface area contributed by atoms with Gasteiger partial charge in [-0.15, -0.1) is 0 Å². The Kier molecular flexibility index (Phi) is 4.93. The third kappa shape index (κ3) is 3.80. The molecule has 2 aromatic rings. The molecule has 0 radical (unpaired) electrons. The van der Waals surface area contributed by atoms with Gasteiger partial charge in [-0.1, -0.05) is 11.6 Å². The number of non-ortho nitro benzene ring substituents is 1. The highest BCUT2D eigenvalue weighted by atomic mass is 79.9. The summed E-state index contributed by atoms with van der Waals surface area (Å²) in [5.41, 5.74) is 1.09. The van der Waals surface area contributed by atoms with E-state index >= 15 is 0 Å². The Hall–Kier alpha value is -1.92. The fourth-order valence-corrected chi connectivity index (χ4v) is 2.64. The van der Waals surface area contributed by atoms with Crippen molar-refractivity contribution in [2.24, 2.45) is 0 Å². The summed E-state index contributed by atoms with van der Waals surface area (Å²) in [5, 5.41) is 11.0. The minimum atomic E-state index is -0.467. The highest BCUT2D eigenvalue weighted by Gasteiger charge is 2.11. The topological polar surface area (TPSA) is 69.4 Å². The summed E-state index contributed by atoms with van der Waals surface area (Å²) in [4.78, 5) is 21.1. The number of hydrogen-bond acceptors (Lipinski definition) is 4. The molecule has 0 aliphatic heterocycles. The smallest absolute Gasteiger partial charge is 0.269 e. The number of hydrogen-bond donors (Lipinski definition) is 0. The summed E-state index contributed by atoms with van der Waals surface area (Å²) in [6.07, 6.45) is 0.655. The number of carbonyl (C=O) groups is 1. The zero-order chi connectivity index (χ0) is 15.4. The molecule has 0 spiro atoms. The maximum absolute atomic E-state index is 11.0. The summed E-state index contributed by atoms with van der Waals surface area (Å²) in [5.74, 6) is 0.382. The summed E-state index contributed by atoms with van der Waals surface area (Å²) in [6, 6.07) is 9.13. The third-order valence-electron chi connectivity index (χ3n) is 2.69. The number of halogens is 2. The standard InChI is InChI=1S/C14H9BrClNO4/c15-13-6-11(16)5-10(7-18)14(13)21-8-9-1-3-12(4-2-9)17(19)20/h1-7H,8H2. The van der Waals surface area contributed by atoms with Crippen LogP contribution in [0.25, 0.3) is 0 Å². The molecule has 108 valence electrons. The first-order valence-electron chi connectivity index (χ1n) is 5.81. The normalized spacial score (nSPS) is 10.2. The number of ether oxygens (including phenoxy) is 1. The van der Waals surface area contributed by atoms with Crippen LogP contribution in [0.15, 0.2) is 40.9 Å². The third-order valence-corrected chi connectivity index (χ3v) is 3.50. The Morgan fingerprint density at radius 2 is 1.95 bits per heavy atom. The van der Waals surface area contributed by atoms with Crippen LogP contribution in [0.2, 0.25) is 5.02 Å². The second-order valence-corrected chi connectivity index (χ2v) is 5.43. The van der Waals surface area contributed by atoms with E-state index < -0.39 is 4.92 Å². The van der Waals surface area contributed by atoms with Gasteiger partial charge in [0.25, 0.3) is 5.69 Å². The fourth-order valence-electron chi connectivity index (χ4n) is 1.69. The molecule has 2 rings (SSSR count). The van der Waals surface area contributed by atoms with Gasteiger partial charge in [-0.25, -0.2) is 0 Å². The predicted molar refractivity (Wildman–Crippen MR) is 82.0 cm³/mol. The van der Waals surface area contributed by atoms with Gasteiger partial charge in [0, 0.05) is 17.2 Å². The number of nitro groups is 1. The second kappa shape index (κ2) is 6.69. The lowest BCUT2D eigenvalue weighted by molar-refractivity contribution is -0.384. The molecule has 0 amide bonds. The monoisotopic (exact) mass is 369 g/mol. The summed E-state index contributed by atoms with van der Waals surface area (Å²) in [7, 11) is 0. The quantitative estimate of drug-likeness (QED) is 0.444. The number of nitro benzene ring substituents is 1. The number of carbonyl (C=O) groups excluding carboxylic acids is 1. The van der Waals surface area contributed by atoms with Gasteiger partial charge in [-0.2, -0.15) is 0 Å². The molecule has 0 fully saturated rings. The van der Waals surface area contributed by atoms with E-state index in [1.165, 1.54) is 18.2 Å². The van der Waals surface area contributed by atoms with Crippen LogP contribution in [-0.2, 0) is 6.61 Å². The van der Waals surface area contributed by atoms with Gasteiger partial charge in [0.2, 0.25) is 0 Å². The number of nitrogens with zero attached hydrogens (tertiary/aromatic N) is 1. The van der Waals surface area contributed by atoms with Gasteiger partial charge in [-0.05, 0) is 45.8 Å². The zero-order valence-corrected chi connectivity index (χ0v) is 12.9. The van der Waals surface area contributed by atoms with E-state index in [1.54, 1.807) is 18.2 Å². The molecule has 0 aliphatic rings. The molecule has 0 saturated carbocycles. The Bertz CT molecular complexity index is 688. The zero-order valence-electron chi connectivity index (χ0n) is 10.6. The Balaban J connectivity index is 2.16. The fraction of sp³-hybridized carbons (Fsp3) is 0.0714. The Morgan fingerprint density at radius 1 is 1.29 bits per heavy atom. The van der Waals surface area contributed by atoms with Crippen molar-refractivity contribution in [3.8, 4) is 5.75 Å². The first-order chi connectivity index (χ1) is 10.0. The van der Waals surface area contributed by atoms with E-state index in [-0.39, 0.29) is 12.3 Å². The molecular formula is C14H9BrClNO4. The maximum Gasteiger partial charge on any atom is 0.269 e. The van der Waals surface area contributed by atoms with Crippen molar-refractivity contribution in [2.45, 2.75) is 6.61 Å². The largest absolute Gasteiger partial charge is 0.487 e. The predicted octanol–water partition coefficient (Wildman–Crippen LogP) is 4.40. The molecule has 0 N–H and O–H groups in total. The Morgan fingerprint density at radius 3 is 2.52 bits per heavy atom. The molecule has 0 bridgehead atoms. The van der Waals surface area contributed by atoms with Gasteiger partial charge >= 0.3 is 0 Å². The van der Waals surface area contributed by atoms with Crippen LogP contribution in [-0.4, -0.2) is 11.2 Å². The van der Waals surface area contributed by atoms with Gasteiger partial charge in [0.1, 0.15) is 12.4 Å². The SMILES string of the molecule is O=Cc1cc(Cl)cc(Br)c1OCc1ccc([N+](=O)[O-])cc1. The minimum absolute atomic E-state index is 0.0139. The summed E-state index contributed by atoms with van der Waals surface area (Å²) >= 11 is 9.14. The van der Waals surface area contributed by atoms with E-state index in [0.29, 0.717) is 27.1 Å². The highest BCUT2D eigenvalue weighted by Crippen LogP contribution is 2.32. The molecule has 0 saturated heterocycles. The van der Waals surface area contributed by atoms with Crippen molar-refractivity contribution in [1.82, 2.24) is 0 Å². The average molecular weight is 371 g/mol. The van der Waals surface area contributed by atoms with Crippen molar-refractivity contribution in [3.63, 3.8) is 0 Å². The molecule has 21 heavy (non-hydrogen) atoms. The molecule has 7 heteroatoms. The van der Waals surface area contributed by atoms with Gasteiger partial charge in [0.05, 0.1) is 15.0 Å². The molecule has 0 atom stereocenters. The number of rotatable bonds is 5. The van der Waals surface area contributed by atoms with Crippen molar-refractivity contribution in [1.29, 1.82) is 0 Å². The van der Waals surface area contributed by atoms with Crippen molar-refractivity contribution in [2.75, 3.05) is 0 Å². The first kappa shape index (κ1) is 15.5. The van der Waals surface area contributed by atoms with E-state index in [4.69, 9.17) is 16.3 Å². The molecule has 0 aliphatic carbocycles. The number of aldehydes is 1. The second-order valence-electron chi connectivity index (χ2n) is 4.14. The molecular weight excluding hydrogens is 362 g/mol. The lowest BCUT2D eigenvalue weighted by atomic mass is 10.2. The molecule has 5 nitrogen and oxygen atoms in total. The minimum Gasteiger partial charge on any atom is -0.487 e.